The Kier molecular flexibility index (Phi) is 6.58. The zero-order valence-electron chi connectivity index (χ0n) is 18.5. The van der Waals surface area contributed by atoms with Crippen LogP contribution in [-0.4, -0.2) is 33.9 Å². The van der Waals surface area contributed by atoms with Gasteiger partial charge in [-0.1, -0.05) is 42.1 Å². The molecule has 4 aromatic rings. The third-order valence-electron chi connectivity index (χ3n) is 5.92. The van der Waals surface area contributed by atoms with E-state index < -0.39 is 0 Å². The summed E-state index contributed by atoms with van der Waals surface area (Å²) in [6, 6.07) is 19.8. The summed E-state index contributed by atoms with van der Waals surface area (Å²) in [4.78, 5) is 27.6. The number of hydrogen-bond acceptors (Lipinski definition) is 5. The lowest BCUT2D eigenvalue weighted by molar-refractivity contribution is 0.0951. The Labute approximate surface area is 197 Å². The second-order valence-electron chi connectivity index (χ2n) is 8.26. The zero-order chi connectivity index (χ0) is 22.5. The molecule has 0 bridgehead atoms. The van der Waals surface area contributed by atoms with E-state index in [0.717, 1.165) is 52.0 Å². The molecule has 1 aliphatic rings. The van der Waals surface area contributed by atoms with Crippen LogP contribution in [0.1, 0.15) is 40.7 Å². The fourth-order valence-electron chi connectivity index (χ4n) is 4.14. The highest BCUT2D eigenvalue weighted by atomic mass is 32.2. The molecule has 1 amide bonds. The minimum absolute atomic E-state index is 0.0695. The number of pyridine rings is 1. The molecule has 1 aliphatic heterocycles. The van der Waals surface area contributed by atoms with Gasteiger partial charge in [-0.3, -0.25) is 4.79 Å². The minimum atomic E-state index is -0.0695. The number of amides is 1. The molecule has 3 heterocycles. The first-order valence-electron chi connectivity index (χ1n) is 11.4. The molecular formula is C26H27N5OS. The molecule has 0 radical (unpaired) electrons. The van der Waals surface area contributed by atoms with Crippen LogP contribution in [0.5, 0.6) is 0 Å². The van der Waals surface area contributed by atoms with Crippen LogP contribution in [0, 0.1) is 0 Å². The number of nitrogens with one attached hydrogen (secondary N) is 2. The van der Waals surface area contributed by atoms with Crippen molar-refractivity contribution in [2.75, 3.05) is 18.0 Å². The summed E-state index contributed by atoms with van der Waals surface area (Å²) in [6.07, 6.45) is 5.51. The van der Waals surface area contributed by atoms with E-state index in [0.29, 0.717) is 12.1 Å². The molecule has 2 aromatic carbocycles. The van der Waals surface area contributed by atoms with Crippen LogP contribution in [0.2, 0.25) is 0 Å². The van der Waals surface area contributed by atoms with Gasteiger partial charge in [-0.15, -0.1) is 0 Å². The Bertz CT molecular complexity index is 1200. The molecule has 33 heavy (non-hydrogen) atoms. The summed E-state index contributed by atoms with van der Waals surface area (Å²) in [5.41, 5.74) is 4.90. The third-order valence-corrected chi connectivity index (χ3v) is 6.87. The van der Waals surface area contributed by atoms with E-state index in [-0.39, 0.29) is 5.91 Å². The van der Waals surface area contributed by atoms with E-state index in [9.17, 15) is 4.79 Å². The number of rotatable bonds is 7. The third kappa shape index (κ3) is 5.20. The van der Waals surface area contributed by atoms with Crippen molar-refractivity contribution in [3.63, 3.8) is 0 Å². The van der Waals surface area contributed by atoms with Gasteiger partial charge in [-0.05, 0) is 55.2 Å². The first kappa shape index (κ1) is 21.5. The molecule has 0 unspecified atom stereocenters. The van der Waals surface area contributed by atoms with Crippen molar-refractivity contribution in [2.45, 2.75) is 36.7 Å². The van der Waals surface area contributed by atoms with E-state index in [4.69, 9.17) is 0 Å². The number of benzene rings is 2. The normalized spacial score (nSPS) is 13.9. The van der Waals surface area contributed by atoms with Gasteiger partial charge in [0.15, 0.2) is 5.16 Å². The number of anilines is 1. The van der Waals surface area contributed by atoms with Crippen molar-refractivity contribution in [3.05, 3.63) is 83.6 Å². The summed E-state index contributed by atoms with van der Waals surface area (Å²) in [5.74, 6) is 1.71. The molecule has 1 fully saturated rings. The molecule has 0 spiro atoms. The van der Waals surface area contributed by atoms with Crippen molar-refractivity contribution in [1.82, 2.24) is 20.3 Å². The molecule has 168 valence electrons. The zero-order valence-corrected chi connectivity index (χ0v) is 19.3. The quantitative estimate of drug-likeness (QED) is 0.375. The van der Waals surface area contributed by atoms with Crippen LogP contribution in [0.25, 0.3) is 11.0 Å². The average Bonchev–Trinajstić information content (AvgIpc) is 3.30. The molecular weight excluding hydrogens is 430 g/mol. The van der Waals surface area contributed by atoms with E-state index in [1.807, 2.05) is 60.8 Å². The summed E-state index contributed by atoms with van der Waals surface area (Å²) in [6.45, 7) is 2.54. The topological polar surface area (TPSA) is 73.9 Å². The lowest BCUT2D eigenvalue weighted by Crippen LogP contribution is -2.32. The SMILES string of the molecule is O=C(NCc1cccnc1N1CCCCC1)c1ccc(CSc2nc3ccccc3[nH]2)cc1. The van der Waals surface area contributed by atoms with Crippen molar-refractivity contribution >= 4 is 34.5 Å². The van der Waals surface area contributed by atoms with Crippen LogP contribution in [0.15, 0.2) is 72.0 Å². The molecule has 7 heteroatoms. The number of nitrogens with zero attached hydrogens (tertiary/aromatic N) is 3. The van der Waals surface area contributed by atoms with Gasteiger partial charge in [0, 0.05) is 42.7 Å². The van der Waals surface area contributed by atoms with Gasteiger partial charge in [-0.25, -0.2) is 9.97 Å². The minimum Gasteiger partial charge on any atom is -0.356 e. The molecule has 0 atom stereocenters. The van der Waals surface area contributed by atoms with Crippen molar-refractivity contribution in [2.24, 2.45) is 0 Å². The second-order valence-corrected chi connectivity index (χ2v) is 9.23. The largest absolute Gasteiger partial charge is 0.356 e. The molecule has 5 rings (SSSR count). The van der Waals surface area contributed by atoms with Crippen molar-refractivity contribution < 1.29 is 4.79 Å². The first-order chi connectivity index (χ1) is 16.3. The standard InChI is InChI=1S/C26H27N5OS/c32-25(28-17-21-7-6-14-27-24(21)31-15-4-1-5-16-31)20-12-10-19(11-13-20)18-33-26-29-22-8-2-3-9-23(22)30-26/h2-3,6-14H,1,4-5,15-18H2,(H,28,32)(H,29,30). The number of carbonyl (C=O) groups excluding carboxylic acids is 1. The maximum absolute atomic E-state index is 12.7. The highest BCUT2D eigenvalue weighted by Crippen LogP contribution is 2.24. The molecule has 6 nitrogen and oxygen atoms in total. The van der Waals surface area contributed by atoms with Gasteiger partial charge in [0.05, 0.1) is 11.0 Å². The molecule has 1 saturated heterocycles. The van der Waals surface area contributed by atoms with Gasteiger partial charge >= 0.3 is 0 Å². The maximum Gasteiger partial charge on any atom is 0.251 e. The van der Waals surface area contributed by atoms with E-state index in [2.05, 4.69) is 31.2 Å². The summed E-state index contributed by atoms with van der Waals surface area (Å²) >= 11 is 1.66. The molecule has 0 aliphatic carbocycles. The fraction of sp³-hybridized carbons (Fsp3) is 0.269. The number of hydrogen-bond donors (Lipinski definition) is 2. The Morgan fingerprint density at radius 3 is 2.64 bits per heavy atom. The van der Waals surface area contributed by atoms with E-state index in [1.54, 1.807) is 11.8 Å². The number of piperidine rings is 1. The molecule has 2 N–H and O–H groups in total. The van der Waals surface area contributed by atoms with Crippen LogP contribution in [0.4, 0.5) is 5.82 Å². The monoisotopic (exact) mass is 457 g/mol. The smallest absolute Gasteiger partial charge is 0.251 e. The van der Waals surface area contributed by atoms with Gasteiger partial charge in [0.2, 0.25) is 0 Å². The lowest BCUT2D eigenvalue weighted by Gasteiger charge is -2.29. The number of aromatic nitrogens is 3. The van der Waals surface area contributed by atoms with Crippen LogP contribution in [-0.2, 0) is 12.3 Å². The predicted octanol–water partition coefficient (Wildman–Crippen LogP) is 5.17. The van der Waals surface area contributed by atoms with Gasteiger partial charge in [0.25, 0.3) is 5.91 Å². The van der Waals surface area contributed by atoms with Crippen molar-refractivity contribution in [1.29, 1.82) is 0 Å². The Hall–Kier alpha value is -3.32. The number of thioether (sulfide) groups is 1. The predicted molar refractivity (Wildman–Crippen MR) is 134 cm³/mol. The average molecular weight is 458 g/mol. The second kappa shape index (κ2) is 10.1. The fourth-order valence-corrected chi connectivity index (χ4v) is 4.98. The van der Waals surface area contributed by atoms with E-state index in [1.165, 1.54) is 19.3 Å². The summed E-state index contributed by atoms with van der Waals surface area (Å²) in [5, 5.41) is 3.96. The van der Waals surface area contributed by atoms with Gasteiger partial charge < -0.3 is 15.2 Å². The Morgan fingerprint density at radius 2 is 1.82 bits per heavy atom. The van der Waals surface area contributed by atoms with E-state index >= 15 is 0 Å². The molecule has 2 aromatic heterocycles. The number of para-hydroxylation sites is 2. The van der Waals surface area contributed by atoms with Crippen LogP contribution in [0.3, 0.4) is 0 Å². The Morgan fingerprint density at radius 1 is 1.00 bits per heavy atom. The summed E-state index contributed by atoms with van der Waals surface area (Å²) in [7, 11) is 0. The molecule has 0 saturated carbocycles. The number of H-pyrrole nitrogens is 1. The number of fused-ring (bicyclic) bond motifs is 1. The van der Waals surface area contributed by atoms with Crippen LogP contribution < -0.4 is 10.2 Å². The highest BCUT2D eigenvalue weighted by molar-refractivity contribution is 7.98. The number of imidazole rings is 1. The summed E-state index contributed by atoms with van der Waals surface area (Å²) < 4.78 is 0. The van der Waals surface area contributed by atoms with Gasteiger partial charge in [0.1, 0.15) is 5.82 Å². The highest BCUT2D eigenvalue weighted by Gasteiger charge is 2.16. The van der Waals surface area contributed by atoms with Gasteiger partial charge in [-0.2, -0.15) is 0 Å². The van der Waals surface area contributed by atoms with Crippen LogP contribution >= 0.6 is 11.8 Å². The Balaban J connectivity index is 1.17. The number of carbonyl (C=O) groups is 1. The first-order valence-corrected chi connectivity index (χ1v) is 12.4. The van der Waals surface area contributed by atoms with Crippen molar-refractivity contribution in [3.8, 4) is 0 Å². The lowest BCUT2D eigenvalue weighted by atomic mass is 10.1. The number of aromatic amines is 1. The maximum atomic E-state index is 12.7.